The second-order valence-electron chi connectivity index (χ2n) is 3.20. The monoisotopic (exact) mass is 184 g/mol. The van der Waals surface area contributed by atoms with E-state index in [1.54, 1.807) is 6.08 Å². The molecule has 0 heterocycles. The van der Waals surface area contributed by atoms with Crippen LogP contribution in [0, 0.1) is 6.92 Å². The number of hydrogen-bond donors (Lipinski definition) is 0. The summed E-state index contributed by atoms with van der Waals surface area (Å²) in [5.41, 5.74) is 1.35. The standard InChI is InChI=1S/C11H10.C3H6/c1-9-5-4-7-10-6-2-3-8-11(9)10;1-3-2/h2-8H,1H3;3H,1H2,2H3. The van der Waals surface area contributed by atoms with Crippen molar-refractivity contribution < 1.29 is 0 Å². The molecule has 0 saturated heterocycles. The Balaban J connectivity index is 0.000000293. The molecular formula is C14H16. The average molecular weight is 184 g/mol. The summed E-state index contributed by atoms with van der Waals surface area (Å²) in [6, 6.07) is 14.8. The van der Waals surface area contributed by atoms with Crippen LogP contribution in [0.1, 0.15) is 12.5 Å². The Labute approximate surface area is 85.9 Å². The molecule has 0 aromatic heterocycles. The van der Waals surface area contributed by atoms with Crippen LogP contribution < -0.4 is 0 Å². The largest absolute Gasteiger partial charge is 0.103 e. The molecule has 0 fully saturated rings. The Morgan fingerprint density at radius 3 is 2.21 bits per heavy atom. The topological polar surface area (TPSA) is 0 Å². The molecule has 0 amide bonds. The van der Waals surface area contributed by atoms with Gasteiger partial charge in [0.05, 0.1) is 0 Å². The van der Waals surface area contributed by atoms with Gasteiger partial charge in [-0.1, -0.05) is 48.5 Å². The molecule has 2 rings (SSSR count). The highest BCUT2D eigenvalue weighted by Crippen LogP contribution is 2.16. The zero-order valence-electron chi connectivity index (χ0n) is 8.83. The SMILES string of the molecule is C=CC.Cc1cccc2ccccc12. The van der Waals surface area contributed by atoms with Gasteiger partial charge in [0, 0.05) is 0 Å². The lowest BCUT2D eigenvalue weighted by molar-refractivity contribution is 1.53. The van der Waals surface area contributed by atoms with Gasteiger partial charge in [-0.05, 0) is 30.2 Å². The molecule has 0 aliphatic heterocycles. The lowest BCUT2D eigenvalue weighted by Gasteiger charge is -1.98. The smallest absolute Gasteiger partial charge is 0.0155 e. The first kappa shape index (κ1) is 10.5. The molecule has 0 aliphatic carbocycles. The molecule has 0 heteroatoms. The second kappa shape index (κ2) is 5.23. The molecular weight excluding hydrogens is 168 g/mol. The van der Waals surface area contributed by atoms with E-state index in [1.165, 1.54) is 16.3 Å². The Hall–Kier alpha value is -1.56. The number of hydrogen-bond acceptors (Lipinski definition) is 0. The fourth-order valence-electron chi connectivity index (χ4n) is 1.39. The summed E-state index contributed by atoms with van der Waals surface area (Å²) in [7, 11) is 0. The van der Waals surface area contributed by atoms with Crippen LogP contribution in [0.3, 0.4) is 0 Å². The van der Waals surface area contributed by atoms with Gasteiger partial charge < -0.3 is 0 Å². The summed E-state index contributed by atoms with van der Waals surface area (Å²) in [6.07, 6.45) is 1.75. The van der Waals surface area contributed by atoms with Gasteiger partial charge in [0.2, 0.25) is 0 Å². The van der Waals surface area contributed by atoms with E-state index in [4.69, 9.17) is 0 Å². The summed E-state index contributed by atoms with van der Waals surface area (Å²) in [5.74, 6) is 0. The van der Waals surface area contributed by atoms with Crippen LogP contribution in [0.25, 0.3) is 10.8 Å². The number of rotatable bonds is 0. The molecule has 0 radical (unpaired) electrons. The van der Waals surface area contributed by atoms with Gasteiger partial charge in [-0.3, -0.25) is 0 Å². The summed E-state index contributed by atoms with van der Waals surface area (Å²) in [5, 5.41) is 2.68. The maximum Gasteiger partial charge on any atom is -0.0155 e. The van der Waals surface area contributed by atoms with Crippen molar-refractivity contribution in [1.29, 1.82) is 0 Å². The third-order valence-electron chi connectivity index (χ3n) is 2.01. The predicted octanol–water partition coefficient (Wildman–Crippen LogP) is 4.34. The first-order chi connectivity index (χ1) is 6.79. The Morgan fingerprint density at radius 2 is 1.57 bits per heavy atom. The maximum absolute atomic E-state index is 3.36. The Kier molecular flexibility index (Phi) is 3.93. The third-order valence-corrected chi connectivity index (χ3v) is 2.01. The molecule has 0 saturated carbocycles. The highest BCUT2D eigenvalue weighted by molar-refractivity contribution is 5.85. The van der Waals surface area contributed by atoms with Crippen LogP contribution >= 0.6 is 0 Å². The van der Waals surface area contributed by atoms with E-state index in [0.717, 1.165) is 0 Å². The van der Waals surface area contributed by atoms with Crippen LogP contribution in [0.15, 0.2) is 55.1 Å². The quantitative estimate of drug-likeness (QED) is 0.534. The predicted molar refractivity (Wildman–Crippen MR) is 64.6 cm³/mol. The molecule has 0 aliphatic rings. The van der Waals surface area contributed by atoms with Gasteiger partial charge in [0.15, 0.2) is 0 Å². The number of aryl methyl sites for hydroxylation is 1. The Morgan fingerprint density at radius 1 is 1.00 bits per heavy atom. The minimum atomic E-state index is 1.33. The fourth-order valence-corrected chi connectivity index (χ4v) is 1.39. The normalized spacial score (nSPS) is 9.00. The summed E-state index contributed by atoms with van der Waals surface area (Å²) in [4.78, 5) is 0. The molecule has 0 bridgehead atoms. The van der Waals surface area contributed by atoms with Gasteiger partial charge in [-0.2, -0.15) is 0 Å². The zero-order valence-corrected chi connectivity index (χ0v) is 8.83. The molecule has 0 unspecified atom stereocenters. The van der Waals surface area contributed by atoms with E-state index in [-0.39, 0.29) is 0 Å². The first-order valence-corrected chi connectivity index (χ1v) is 4.81. The fraction of sp³-hybridized carbons (Fsp3) is 0.143. The van der Waals surface area contributed by atoms with E-state index in [2.05, 4.69) is 56.0 Å². The molecule has 72 valence electrons. The minimum absolute atomic E-state index is 1.33. The van der Waals surface area contributed by atoms with Crippen molar-refractivity contribution in [3.05, 3.63) is 60.7 Å². The highest BCUT2D eigenvalue weighted by Gasteiger charge is 1.91. The van der Waals surface area contributed by atoms with Crippen molar-refractivity contribution in [2.75, 3.05) is 0 Å². The van der Waals surface area contributed by atoms with E-state index in [9.17, 15) is 0 Å². The molecule has 14 heavy (non-hydrogen) atoms. The van der Waals surface area contributed by atoms with Gasteiger partial charge in [-0.25, -0.2) is 0 Å². The van der Waals surface area contributed by atoms with E-state index in [0.29, 0.717) is 0 Å². The van der Waals surface area contributed by atoms with Crippen molar-refractivity contribution in [3.8, 4) is 0 Å². The van der Waals surface area contributed by atoms with Crippen LogP contribution in [-0.4, -0.2) is 0 Å². The number of benzene rings is 2. The van der Waals surface area contributed by atoms with Crippen LogP contribution in [0.2, 0.25) is 0 Å². The molecule has 0 spiro atoms. The molecule has 0 atom stereocenters. The summed E-state index contributed by atoms with van der Waals surface area (Å²) >= 11 is 0. The van der Waals surface area contributed by atoms with Crippen molar-refractivity contribution in [1.82, 2.24) is 0 Å². The molecule has 2 aromatic carbocycles. The second-order valence-corrected chi connectivity index (χ2v) is 3.20. The van der Waals surface area contributed by atoms with Gasteiger partial charge in [-0.15, -0.1) is 6.58 Å². The molecule has 2 aromatic rings. The summed E-state index contributed by atoms with van der Waals surface area (Å²) in [6.45, 7) is 7.39. The van der Waals surface area contributed by atoms with Crippen molar-refractivity contribution >= 4 is 10.8 Å². The van der Waals surface area contributed by atoms with E-state index >= 15 is 0 Å². The van der Waals surface area contributed by atoms with Gasteiger partial charge in [0.25, 0.3) is 0 Å². The minimum Gasteiger partial charge on any atom is -0.103 e. The van der Waals surface area contributed by atoms with Crippen LogP contribution in [0.5, 0.6) is 0 Å². The lowest BCUT2D eigenvalue weighted by Crippen LogP contribution is -1.75. The third kappa shape index (κ3) is 2.46. The van der Waals surface area contributed by atoms with E-state index < -0.39 is 0 Å². The number of fused-ring (bicyclic) bond motifs is 1. The molecule has 0 N–H and O–H groups in total. The maximum atomic E-state index is 3.36. The first-order valence-electron chi connectivity index (χ1n) is 4.81. The Bertz CT molecular complexity index is 408. The van der Waals surface area contributed by atoms with E-state index in [1.807, 2.05) is 6.92 Å². The lowest BCUT2D eigenvalue weighted by atomic mass is 10.1. The van der Waals surface area contributed by atoms with Crippen LogP contribution in [0.4, 0.5) is 0 Å². The molecule has 0 nitrogen and oxygen atoms in total. The van der Waals surface area contributed by atoms with Crippen LogP contribution in [-0.2, 0) is 0 Å². The van der Waals surface area contributed by atoms with Gasteiger partial charge in [0.1, 0.15) is 0 Å². The van der Waals surface area contributed by atoms with Crippen molar-refractivity contribution in [3.63, 3.8) is 0 Å². The van der Waals surface area contributed by atoms with Crippen molar-refractivity contribution in [2.45, 2.75) is 13.8 Å². The summed E-state index contributed by atoms with van der Waals surface area (Å²) < 4.78 is 0. The highest BCUT2D eigenvalue weighted by atomic mass is 14.0. The zero-order chi connectivity index (χ0) is 10.4. The number of allylic oxidation sites excluding steroid dienone is 1. The van der Waals surface area contributed by atoms with Crippen molar-refractivity contribution in [2.24, 2.45) is 0 Å². The van der Waals surface area contributed by atoms with Gasteiger partial charge >= 0.3 is 0 Å². The average Bonchev–Trinajstić information content (AvgIpc) is 2.20.